The summed E-state index contributed by atoms with van der Waals surface area (Å²) in [5.74, 6) is -0.323. The molecule has 2 aromatic rings. The Kier molecular flexibility index (Phi) is 7.05. The lowest BCUT2D eigenvalue weighted by molar-refractivity contribution is -0.137. The fourth-order valence-electron chi connectivity index (χ4n) is 1.96. The molecule has 0 aliphatic carbocycles. The summed E-state index contributed by atoms with van der Waals surface area (Å²) < 4.78 is 38.4. The largest absolute Gasteiger partial charge is 0.416 e. The van der Waals surface area contributed by atoms with Crippen molar-refractivity contribution in [1.82, 2.24) is 0 Å². The molecule has 126 valence electrons. The number of amides is 1. The third-order valence-corrected chi connectivity index (χ3v) is 3.95. The summed E-state index contributed by atoms with van der Waals surface area (Å²) in [4.78, 5) is 12.9. The molecule has 23 heavy (non-hydrogen) atoms. The molecule has 0 atom stereocenters. The van der Waals surface area contributed by atoms with Gasteiger partial charge >= 0.3 is 6.18 Å². The van der Waals surface area contributed by atoms with E-state index in [1.807, 2.05) is 17.5 Å². The number of hydrogen-bond acceptors (Lipinski definition) is 3. The van der Waals surface area contributed by atoms with Crippen LogP contribution in [0.2, 0.25) is 0 Å². The average Bonchev–Trinajstić information content (AvgIpc) is 2.97. The van der Waals surface area contributed by atoms with Gasteiger partial charge in [0, 0.05) is 23.5 Å². The van der Waals surface area contributed by atoms with Crippen molar-refractivity contribution < 1.29 is 18.0 Å². The van der Waals surface area contributed by atoms with Gasteiger partial charge in [-0.1, -0.05) is 6.07 Å². The fourth-order valence-corrected chi connectivity index (χ4v) is 2.67. The first-order chi connectivity index (χ1) is 10.4. The highest BCUT2D eigenvalue weighted by Gasteiger charge is 2.31. The summed E-state index contributed by atoms with van der Waals surface area (Å²) in [5.41, 5.74) is 5.03. The number of anilines is 1. The maximum Gasteiger partial charge on any atom is 0.416 e. The zero-order chi connectivity index (χ0) is 16.2. The molecule has 0 saturated heterocycles. The van der Waals surface area contributed by atoms with Crippen molar-refractivity contribution in [3.8, 4) is 0 Å². The number of nitrogens with one attached hydrogen (secondary N) is 1. The number of nitrogens with two attached hydrogens (primary N) is 1. The molecule has 0 spiro atoms. The predicted octanol–water partition coefficient (Wildman–Crippen LogP) is 4.22. The number of benzene rings is 1. The third kappa shape index (κ3) is 5.85. The van der Waals surface area contributed by atoms with Crippen LogP contribution in [0, 0.1) is 0 Å². The van der Waals surface area contributed by atoms with E-state index >= 15 is 0 Å². The van der Waals surface area contributed by atoms with Gasteiger partial charge in [0.25, 0.3) is 0 Å². The van der Waals surface area contributed by atoms with Crippen molar-refractivity contribution >= 4 is 35.3 Å². The maximum atomic E-state index is 12.8. The molecule has 0 fully saturated rings. The molecule has 0 radical (unpaired) electrons. The Hall–Kier alpha value is -1.57. The number of thiophene rings is 1. The van der Waals surface area contributed by atoms with E-state index in [0.29, 0.717) is 12.0 Å². The second-order valence-corrected chi connectivity index (χ2v) is 5.78. The highest BCUT2D eigenvalue weighted by molar-refractivity contribution is 7.09. The Morgan fingerprint density at radius 3 is 2.57 bits per heavy atom. The normalized spacial score (nSPS) is 11.0. The zero-order valence-electron chi connectivity index (χ0n) is 12.0. The molecule has 0 aliphatic rings. The average molecular weight is 365 g/mol. The van der Waals surface area contributed by atoms with Gasteiger partial charge in [0.1, 0.15) is 0 Å². The minimum absolute atomic E-state index is 0. The van der Waals surface area contributed by atoms with Gasteiger partial charge in [-0.2, -0.15) is 13.2 Å². The second kappa shape index (κ2) is 8.33. The third-order valence-electron chi connectivity index (χ3n) is 3.02. The van der Waals surface area contributed by atoms with Crippen LogP contribution in [0.5, 0.6) is 0 Å². The topological polar surface area (TPSA) is 55.1 Å². The van der Waals surface area contributed by atoms with Gasteiger partial charge in [0.05, 0.1) is 5.56 Å². The Bertz CT molecular complexity index is 645. The number of carbonyl (C=O) groups is 1. The summed E-state index contributed by atoms with van der Waals surface area (Å²) in [7, 11) is 0. The first kappa shape index (κ1) is 19.5. The molecule has 0 aliphatic heterocycles. The Balaban J connectivity index is 0.00000264. The van der Waals surface area contributed by atoms with E-state index in [0.717, 1.165) is 17.0 Å². The van der Waals surface area contributed by atoms with E-state index in [9.17, 15) is 18.0 Å². The van der Waals surface area contributed by atoms with Gasteiger partial charge in [-0.3, -0.25) is 4.79 Å². The number of alkyl halides is 3. The highest BCUT2D eigenvalue weighted by atomic mass is 35.5. The lowest BCUT2D eigenvalue weighted by atomic mass is 10.1. The van der Waals surface area contributed by atoms with Crippen molar-refractivity contribution in [3.05, 3.63) is 51.7 Å². The molecule has 0 saturated carbocycles. The van der Waals surface area contributed by atoms with Crippen LogP contribution in [0.4, 0.5) is 18.9 Å². The molecule has 1 aromatic carbocycles. The van der Waals surface area contributed by atoms with Gasteiger partial charge in [0.15, 0.2) is 0 Å². The molecule has 1 heterocycles. The lowest BCUT2D eigenvalue weighted by Crippen LogP contribution is -2.14. The summed E-state index contributed by atoms with van der Waals surface area (Å²) in [5, 5.41) is 4.41. The summed E-state index contributed by atoms with van der Waals surface area (Å²) >= 11 is 1.54. The van der Waals surface area contributed by atoms with Crippen LogP contribution in [0.15, 0.2) is 35.7 Å². The van der Waals surface area contributed by atoms with E-state index in [2.05, 4.69) is 5.32 Å². The van der Waals surface area contributed by atoms with Crippen LogP contribution in [0.3, 0.4) is 0 Å². The van der Waals surface area contributed by atoms with Gasteiger partial charge in [0.2, 0.25) is 5.91 Å². The first-order valence-corrected chi connectivity index (χ1v) is 7.50. The van der Waals surface area contributed by atoms with Gasteiger partial charge in [-0.05, 0) is 41.6 Å². The molecular weight excluding hydrogens is 349 g/mol. The monoisotopic (exact) mass is 364 g/mol. The molecule has 8 heteroatoms. The summed E-state index contributed by atoms with van der Waals surface area (Å²) in [6.07, 6.45) is -3.69. The quantitative estimate of drug-likeness (QED) is 0.834. The van der Waals surface area contributed by atoms with E-state index < -0.39 is 11.7 Å². The van der Waals surface area contributed by atoms with Crippen LogP contribution in [-0.2, 0) is 23.9 Å². The molecule has 1 amide bonds. The first-order valence-electron chi connectivity index (χ1n) is 6.62. The fraction of sp³-hybridized carbons (Fsp3) is 0.267. The number of hydrogen-bond donors (Lipinski definition) is 2. The Morgan fingerprint density at radius 1 is 1.26 bits per heavy atom. The number of halogens is 4. The van der Waals surface area contributed by atoms with Crippen LogP contribution < -0.4 is 11.1 Å². The SMILES string of the molecule is Cl.NCc1cc(NC(=O)CCc2cccs2)cc(C(F)(F)F)c1. The molecule has 0 unspecified atom stereocenters. The van der Waals surface area contributed by atoms with Crippen LogP contribution in [0.25, 0.3) is 0 Å². The van der Waals surface area contributed by atoms with E-state index in [1.54, 1.807) is 0 Å². The molecule has 3 N–H and O–H groups in total. The summed E-state index contributed by atoms with van der Waals surface area (Å²) in [6, 6.07) is 7.16. The predicted molar refractivity (Wildman–Crippen MR) is 87.9 cm³/mol. The van der Waals surface area contributed by atoms with Crippen molar-refractivity contribution in [2.75, 3.05) is 5.32 Å². The minimum atomic E-state index is -4.47. The molecule has 0 bridgehead atoms. The van der Waals surface area contributed by atoms with Gasteiger partial charge in [-0.25, -0.2) is 0 Å². The van der Waals surface area contributed by atoms with Crippen LogP contribution in [0.1, 0.15) is 22.4 Å². The molecular formula is C15H16ClF3N2OS. The summed E-state index contributed by atoms with van der Waals surface area (Å²) in [6.45, 7) is -0.0258. The molecule has 3 nitrogen and oxygen atoms in total. The van der Waals surface area contributed by atoms with E-state index in [4.69, 9.17) is 5.73 Å². The number of rotatable bonds is 5. The minimum Gasteiger partial charge on any atom is -0.326 e. The lowest BCUT2D eigenvalue weighted by Gasteiger charge is -2.12. The van der Waals surface area contributed by atoms with Gasteiger partial charge in [-0.15, -0.1) is 23.7 Å². The van der Waals surface area contributed by atoms with Crippen molar-refractivity contribution in [2.45, 2.75) is 25.6 Å². The van der Waals surface area contributed by atoms with Crippen molar-refractivity contribution in [2.24, 2.45) is 5.73 Å². The van der Waals surface area contributed by atoms with E-state index in [1.165, 1.54) is 17.4 Å². The van der Waals surface area contributed by atoms with E-state index in [-0.39, 0.29) is 37.0 Å². The number of carbonyl (C=O) groups excluding carboxylic acids is 1. The second-order valence-electron chi connectivity index (χ2n) is 4.75. The zero-order valence-corrected chi connectivity index (χ0v) is 13.7. The van der Waals surface area contributed by atoms with Crippen molar-refractivity contribution in [1.29, 1.82) is 0 Å². The Morgan fingerprint density at radius 2 is 2.00 bits per heavy atom. The van der Waals surface area contributed by atoms with Crippen LogP contribution in [-0.4, -0.2) is 5.91 Å². The highest BCUT2D eigenvalue weighted by Crippen LogP contribution is 2.32. The molecule has 1 aromatic heterocycles. The smallest absolute Gasteiger partial charge is 0.326 e. The van der Waals surface area contributed by atoms with Gasteiger partial charge < -0.3 is 11.1 Å². The Labute approximate surface area is 142 Å². The molecule has 2 rings (SSSR count). The van der Waals surface area contributed by atoms with Crippen LogP contribution >= 0.6 is 23.7 Å². The number of aryl methyl sites for hydroxylation is 1. The standard InChI is InChI=1S/C15H15F3N2OS.ClH/c16-15(17,18)11-6-10(9-19)7-12(8-11)20-14(21)4-3-13-2-1-5-22-13;/h1-2,5-8H,3-4,9,19H2,(H,20,21);1H. The maximum absolute atomic E-state index is 12.8. The van der Waals surface area contributed by atoms with Crippen molar-refractivity contribution in [3.63, 3.8) is 0 Å².